The number of anilines is 3. The van der Waals surface area contributed by atoms with Crippen LogP contribution in [0.5, 0.6) is 0 Å². The normalized spacial score (nSPS) is 11.6. The van der Waals surface area contributed by atoms with Gasteiger partial charge in [0.2, 0.25) is 0 Å². The van der Waals surface area contributed by atoms with E-state index in [2.05, 4.69) is 111 Å². The molecule has 0 aliphatic heterocycles. The first-order valence-electron chi connectivity index (χ1n) is 13.3. The number of carbonyl (C=O) groups is 1. The van der Waals surface area contributed by atoms with Crippen LogP contribution in [0, 0.1) is 11.3 Å². The number of aliphatic carboxylic acids is 1. The molecule has 202 valence electrons. The fourth-order valence-electron chi connectivity index (χ4n) is 4.61. The highest BCUT2D eigenvalue weighted by Gasteiger charge is 2.17. The second-order valence-electron chi connectivity index (χ2n) is 10.8. The summed E-state index contributed by atoms with van der Waals surface area (Å²) < 4.78 is 0. The highest BCUT2D eigenvalue weighted by molar-refractivity contribution is 7.18. The second-order valence-corrected chi connectivity index (χ2v) is 11.9. The Kier molecular flexibility index (Phi) is 7.87. The van der Waals surface area contributed by atoms with Crippen molar-refractivity contribution >= 4 is 40.4 Å². The molecule has 0 radical (unpaired) electrons. The van der Waals surface area contributed by atoms with Crippen LogP contribution >= 0.6 is 11.3 Å². The van der Waals surface area contributed by atoms with Crippen molar-refractivity contribution in [3.63, 3.8) is 0 Å². The first-order chi connectivity index (χ1) is 19.7. The molecule has 5 aromatic rings. The van der Waals surface area contributed by atoms with E-state index in [1.807, 2.05) is 30.3 Å². The number of rotatable bonds is 7. The molecule has 5 heteroatoms. The van der Waals surface area contributed by atoms with Gasteiger partial charge >= 0.3 is 5.97 Å². The third kappa shape index (κ3) is 6.30. The van der Waals surface area contributed by atoms with Crippen molar-refractivity contribution < 1.29 is 9.90 Å². The van der Waals surface area contributed by atoms with Gasteiger partial charge in [-0.3, -0.25) is 0 Å². The Hall–Kier alpha value is -4.92. The van der Waals surface area contributed by atoms with E-state index in [0.717, 1.165) is 37.9 Å². The van der Waals surface area contributed by atoms with Gasteiger partial charge in [-0.05, 0) is 82.3 Å². The Morgan fingerprint density at radius 2 is 1.22 bits per heavy atom. The van der Waals surface area contributed by atoms with Crippen LogP contribution in [-0.4, -0.2) is 11.1 Å². The molecule has 0 bridgehead atoms. The van der Waals surface area contributed by atoms with E-state index >= 15 is 0 Å². The third-order valence-corrected chi connectivity index (χ3v) is 8.06. The molecule has 0 saturated heterocycles. The van der Waals surface area contributed by atoms with Crippen molar-refractivity contribution in [3.05, 3.63) is 132 Å². The molecule has 0 fully saturated rings. The molecule has 0 unspecified atom stereocenters. The van der Waals surface area contributed by atoms with Crippen LogP contribution in [0.15, 0.2) is 121 Å². The molecular weight excluding hydrogens is 524 g/mol. The van der Waals surface area contributed by atoms with Gasteiger partial charge < -0.3 is 10.0 Å². The lowest BCUT2D eigenvalue weighted by Crippen LogP contribution is -2.13. The van der Waals surface area contributed by atoms with Gasteiger partial charge in [-0.2, -0.15) is 5.26 Å². The number of nitrogens with zero attached hydrogens (tertiary/aromatic N) is 2. The molecular formula is C36H30N2O2S. The standard InChI is InChI=1S/C36H30N2O2S/c1-36(2,3)29-15-19-32(20-16-29)38(30-7-5-4-6-8-30)31-17-13-27(14-18-31)34-22-21-33(41-34)26-11-9-25(10-12-26)23-28(24-37)35(39)40/h4-23H,1-3H3,(H,39,40)/b28-23+. The number of carboxylic acids is 1. The Morgan fingerprint density at radius 1 is 0.732 bits per heavy atom. The monoisotopic (exact) mass is 554 g/mol. The smallest absolute Gasteiger partial charge is 0.346 e. The van der Waals surface area contributed by atoms with Gasteiger partial charge in [0.25, 0.3) is 0 Å². The molecule has 1 N–H and O–H groups in total. The van der Waals surface area contributed by atoms with Crippen molar-refractivity contribution in [2.75, 3.05) is 4.90 Å². The number of nitriles is 1. The number of benzene rings is 4. The van der Waals surface area contributed by atoms with E-state index in [4.69, 9.17) is 10.4 Å². The lowest BCUT2D eigenvalue weighted by Gasteiger charge is -2.27. The molecule has 0 spiro atoms. The van der Waals surface area contributed by atoms with E-state index in [1.54, 1.807) is 17.4 Å². The number of hydrogen-bond donors (Lipinski definition) is 1. The zero-order valence-corrected chi connectivity index (χ0v) is 24.0. The predicted octanol–water partition coefficient (Wildman–Crippen LogP) is 9.84. The van der Waals surface area contributed by atoms with Crippen LogP contribution in [0.4, 0.5) is 17.1 Å². The van der Waals surface area contributed by atoms with Crippen LogP contribution in [0.3, 0.4) is 0 Å². The summed E-state index contributed by atoms with van der Waals surface area (Å²) in [5, 5.41) is 18.1. The molecule has 0 aliphatic rings. The van der Waals surface area contributed by atoms with Gasteiger partial charge in [0.1, 0.15) is 11.6 Å². The van der Waals surface area contributed by atoms with Crippen molar-refractivity contribution in [3.8, 4) is 27.0 Å². The van der Waals surface area contributed by atoms with E-state index in [0.29, 0.717) is 5.56 Å². The van der Waals surface area contributed by atoms with Crippen LogP contribution < -0.4 is 4.90 Å². The molecule has 4 aromatic carbocycles. The fourth-order valence-corrected chi connectivity index (χ4v) is 5.63. The molecule has 5 rings (SSSR count). The maximum atomic E-state index is 11.1. The number of para-hydroxylation sites is 1. The predicted molar refractivity (Wildman–Crippen MR) is 170 cm³/mol. The van der Waals surface area contributed by atoms with Gasteiger partial charge in [-0.1, -0.05) is 87.5 Å². The summed E-state index contributed by atoms with van der Waals surface area (Å²) in [7, 11) is 0. The largest absolute Gasteiger partial charge is 0.477 e. The molecule has 41 heavy (non-hydrogen) atoms. The maximum absolute atomic E-state index is 11.1. The zero-order chi connectivity index (χ0) is 29.0. The first kappa shape index (κ1) is 27.6. The average molecular weight is 555 g/mol. The van der Waals surface area contributed by atoms with Crippen molar-refractivity contribution in [2.45, 2.75) is 26.2 Å². The highest BCUT2D eigenvalue weighted by atomic mass is 32.1. The highest BCUT2D eigenvalue weighted by Crippen LogP contribution is 2.39. The van der Waals surface area contributed by atoms with Crippen molar-refractivity contribution in [1.29, 1.82) is 5.26 Å². The Bertz CT molecular complexity index is 1720. The number of hydrogen-bond acceptors (Lipinski definition) is 4. The van der Waals surface area contributed by atoms with Crippen molar-refractivity contribution in [1.82, 2.24) is 0 Å². The summed E-state index contributed by atoms with van der Waals surface area (Å²) >= 11 is 1.70. The molecule has 1 heterocycles. The van der Waals surface area contributed by atoms with Crippen LogP contribution in [0.1, 0.15) is 31.9 Å². The third-order valence-electron chi connectivity index (χ3n) is 6.88. The van der Waals surface area contributed by atoms with E-state index in [-0.39, 0.29) is 11.0 Å². The van der Waals surface area contributed by atoms with Crippen molar-refractivity contribution in [2.24, 2.45) is 0 Å². The van der Waals surface area contributed by atoms with Crippen LogP contribution in [-0.2, 0) is 10.2 Å². The summed E-state index contributed by atoms with van der Waals surface area (Å²) in [4.78, 5) is 15.7. The minimum absolute atomic E-state index is 0.0949. The van der Waals surface area contributed by atoms with E-state index < -0.39 is 5.97 Å². The Morgan fingerprint density at radius 3 is 1.71 bits per heavy atom. The second kappa shape index (κ2) is 11.7. The molecule has 0 aliphatic carbocycles. The van der Waals surface area contributed by atoms with Gasteiger partial charge in [0.05, 0.1) is 0 Å². The number of thiophene rings is 1. The topological polar surface area (TPSA) is 64.3 Å². The lowest BCUT2D eigenvalue weighted by atomic mass is 9.87. The quantitative estimate of drug-likeness (QED) is 0.161. The van der Waals surface area contributed by atoms with E-state index in [1.165, 1.54) is 11.6 Å². The molecule has 0 atom stereocenters. The average Bonchev–Trinajstić information content (AvgIpc) is 3.47. The Labute approximate surface area is 245 Å². The SMILES string of the molecule is CC(C)(C)c1ccc(N(c2ccccc2)c2ccc(-c3ccc(-c4ccc(/C=C(\C#N)C(=O)O)cc4)s3)cc2)cc1. The molecule has 1 aromatic heterocycles. The first-order valence-corrected chi connectivity index (χ1v) is 14.2. The van der Waals surface area contributed by atoms with Crippen LogP contribution in [0.2, 0.25) is 0 Å². The summed E-state index contributed by atoms with van der Waals surface area (Å²) in [6.45, 7) is 6.68. The van der Waals surface area contributed by atoms with Crippen LogP contribution in [0.25, 0.3) is 27.0 Å². The van der Waals surface area contributed by atoms with Gasteiger partial charge in [-0.25, -0.2) is 4.79 Å². The van der Waals surface area contributed by atoms with Gasteiger partial charge in [0, 0.05) is 26.8 Å². The van der Waals surface area contributed by atoms with Gasteiger partial charge in [0.15, 0.2) is 0 Å². The minimum atomic E-state index is -1.23. The molecule has 0 saturated carbocycles. The fraction of sp³-hybridized carbons (Fsp3) is 0.111. The molecule has 0 amide bonds. The summed E-state index contributed by atoms with van der Waals surface area (Å²) in [5.41, 5.74) is 7.27. The minimum Gasteiger partial charge on any atom is -0.477 e. The maximum Gasteiger partial charge on any atom is 0.346 e. The summed E-state index contributed by atoms with van der Waals surface area (Å²) in [6.07, 6.45) is 1.38. The molecule has 4 nitrogen and oxygen atoms in total. The summed E-state index contributed by atoms with van der Waals surface area (Å²) in [5.74, 6) is -1.23. The zero-order valence-electron chi connectivity index (χ0n) is 23.2. The van der Waals surface area contributed by atoms with E-state index in [9.17, 15) is 4.79 Å². The number of carboxylic acid groups (broad SMARTS) is 1. The lowest BCUT2D eigenvalue weighted by molar-refractivity contribution is -0.132. The van der Waals surface area contributed by atoms with Gasteiger partial charge in [-0.15, -0.1) is 11.3 Å². The Balaban J connectivity index is 1.40. The summed E-state index contributed by atoms with van der Waals surface area (Å²) in [6, 6.07) is 41.4.